The summed E-state index contributed by atoms with van der Waals surface area (Å²) in [5.74, 6) is 0.208. The molecule has 104 valence electrons. The number of amides is 1. The number of carbonyl (C=O) groups is 2. The highest BCUT2D eigenvalue weighted by Crippen LogP contribution is 2.13. The third-order valence-corrected chi connectivity index (χ3v) is 2.56. The van der Waals surface area contributed by atoms with E-state index in [0.29, 0.717) is 12.2 Å². The number of hydrogen-bond donors (Lipinski definition) is 1. The van der Waals surface area contributed by atoms with Crippen molar-refractivity contribution in [3.8, 4) is 5.75 Å². The number of rotatable bonds is 6. The Morgan fingerprint density at radius 3 is 2.68 bits per heavy atom. The summed E-state index contributed by atoms with van der Waals surface area (Å²) in [5, 5.41) is 2.55. The molecule has 0 saturated heterocycles. The van der Waals surface area contributed by atoms with Gasteiger partial charge in [0.05, 0.1) is 0 Å². The summed E-state index contributed by atoms with van der Waals surface area (Å²) in [6.45, 7) is 5.84. The summed E-state index contributed by atoms with van der Waals surface area (Å²) < 4.78 is 5.16. The quantitative estimate of drug-likeness (QED) is 0.633. The second-order valence-electron chi connectivity index (χ2n) is 4.85. The topological polar surface area (TPSA) is 55.4 Å². The van der Waals surface area contributed by atoms with E-state index in [4.69, 9.17) is 4.74 Å². The minimum Gasteiger partial charge on any atom is -0.425 e. The van der Waals surface area contributed by atoms with Gasteiger partial charge < -0.3 is 10.1 Å². The van der Waals surface area contributed by atoms with E-state index in [9.17, 15) is 9.59 Å². The molecule has 1 rings (SSSR count). The van der Waals surface area contributed by atoms with Gasteiger partial charge in [-0.05, 0) is 30.0 Å². The average molecular weight is 263 g/mol. The molecule has 0 aromatic heterocycles. The molecule has 1 aromatic rings. The largest absolute Gasteiger partial charge is 0.425 e. The van der Waals surface area contributed by atoms with Gasteiger partial charge in [0.15, 0.2) is 0 Å². The van der Waals surface area contributed by atoms with E-state index in [-0.39, 0.29) is 18.4 Å². The van der Waals surface area contributed by atoms with Crippen molar-refractivity contribution in [1.29, 1.82) is 0 Å². The zero-order valence-electron chi connectivity index (χ0n) is 11.7. The summed E-state index contributed by atoms with van der Waals surface area (Å²) in [5.41, 5.74) is 1.11. The summed E-state index contributed by atoms with van der Waals surface area (Å²) >= 11 is 0. The highest BCUT2D eigenvalue weighted by Gasteiger charge is 2.09. The van der Waals surface area contributed by atoms with Gasteiger partial charge in [0.25, 0.3) is 0 Å². The first kappa shape index (κ1) is 15.2. The van der Waals surface area contributed by atoms with Crippen molar-refractivity contribution in [3.05, 3.63) is 29.8 Å². The summed E-state index contributed by atoms with van der Waals surface area (Å²) in [4.78, 5) is 23.0. The summed E-state index contributed by atoms with van der Waals surface area (Å²) in [7, 11) is 0. The Labute approximate surface area is 114 Å². The van der Waals surface area contributed by atoms with Crippen molar-refractivity contribution >= 4 is 11.9 Å². The Morgan fingerprint density at radius 1 is 1.32 bits per heavy atom. The second kappa shape index (κ2) is 7.56. The zero-order chi connectivity index (χ0) is 14.3. The summed E-state index contributed by atoms with van der Waals surface area (Å²) in [6, 6.07) is 7.38. The van der Waals surface area contributed by atoms with Crippen LogP contribution in [0.15, 0.2) is 24.3 Å². The molecular formula is C15H21NO3. The molecule has 1 N–H and O–H groups in total. The number of benzene rings is 1. The molecule has 0 heterocycles. The molecule has 0 fully saturated rings. The molecule has 1 amide bonds. The van der Waals surface area contributed by atoms with E-state index in [0.717, 1.165) is 12.0 Å². The maximum Gasteiger partial charge on any atom is 0.330 e. The van der Waals surface area contributed by atoms with Crippen LogP contribution in [0, 0.1) is 5.92 Å². The summed E-state index contributed by atoms with van der Waals surface area (Å²) in [6.07, 6.45) is 1.30. The molecule has 0 bridgehead atoms. The minimum atomic E-state index is -0.453. The zero-order valence-corrected chi connectivity index (χ0v) is 11.7. The van der Waals surface area contributed by atoms with Crippen LogP contribution >= 0.6 is 0 Å². The fourth-order valence-electron chi connectivity index (χ4n) is 1.61. The van der Waals surface area contributed by atoms with Crippen molar-refractivity contribution in [2.75, 3.05) is 6.54 Å². The molecular weight excluding hydrogens is 242 g/mol. The lowest BCUT2D eigenvalue weighted by atomic mass is 10.1. The van der Waals surface area contributed by atoms with Crippen molar-refractivity contribution < 1.29 is 14.3 Å². The van der Waals surface area contributed by atoms with E-state index in [1.165, 1.54) is 0 Å². The molecule has 19 heavy (non-hydrogen) atoms. The predicted molar refractivity (Wildman–Crippen MR) is 73.9 cm³/mol. The Balaban J connectivity index is 2.40. The van der Waals surface area contributed by atoms with E-state index in [1.54, 1.807) is 6.07 Å². The Morgan fingerprint density at radius 2 is 2.05 bits per heavy atom. The average Bonchev–Trinajstić information content (AvgIpc) is 2.36. The fraction of sp³-hybridized carbons (Fsp3) is 0.467. The standard InChI is InChI=1S/C15H21NO3/c1-4-12-6-5-7-13(9-12)19-15(18)10-16-14(17)8-11(2)3/h5-7,9,11H,4,8,10H2,1-3H3,(H,16,17). The molecule has 0 saturated carbocycles. The van der Waals surface area contributed by atoms with Crippen LogP contribution in [0.2, 0.25) is 0 Å². The number of aryl methyl sites for hydroxylation is 1. The maximum absolute atomic E-state index is 11.6. The lowest BCUT2D eigenvalue weighted by molar-refractivity contribution is -0.135. The molecule has 0 spiro atoms. The van der Waals surface area contributed by atoms with Gasteiger partial charge in [-0.1, -0.05) is 32.9 Å². The van der Waals surface area contributed by atoms with Crippen LogP contribution in [0.5, 0.6) is 5.75 Å². The van der Waals surface area contributed by atoms with Crippen molar-refractivity contribution in [2.45, 2.75) is 33.6 Å². The lowest BCUT2D eigenvalue weighted by Gasteiger charge is -2.08. The lowest BCUT2D eigenvalue weighted by Crippen LogP contribution is -2.32. The van der Waals surface area contributed by atoms with Crippen LogP contribution in [-0.4, -0.2) is 18.4 Å². The first-order chi connectivity index (χ1) is 9.01. The molecule has 4 nitrogen and oxygen atoms in total. The maximum atomic E-state index is 11.6. The van der Waals surface area contributed by atoms with Crippen LogP contribution in [0.1, 0.15) is 32.8 Å². The molecule has 0 radical (unpaired) electrons. The molecule has 0 aliphatic carbocycles. The van der Waals surface area contributed by atoms with Crippen LogP contribution < -0.4 is 10.1 Å². The van der Waals surface area contributed by atoms with Gasteiger partial charge in [0, 0.05) is 6.42 Å². The van der Waals surface area contributed by atoms with Gasteiger partial charge in [-0.25, -0.2) is 4.79 Å². The van der Waals surface area contributed by atoms with E-state index >= 15 is 0 Å². The van der Waals surface area contributed by atoms with Crippen LogP contribution in [0.3, 0.4) is 0 Å². The second-order valence-corrected chi connectivity index (χ2v) is 4.85. The van der Waals surface area contributed by atoms with Gasteiger partial charge in [-0.15, -0.1) is 0 Å². The number of hydrogen-bond acceptors (Lipinski definition) is 3. The van der Waals surface area contributed by atoms with Crippen LogP contribution in [0.25, 0.3) is 0 Å². The van der Waals surface area contributed by atoms with E-state index < -0.39 is 5.97 Å². The minimum absolute atomic E-state index is 0.0953. The normalized spacial score (nSPS) is 10.3. The SMILES string of the molecule is CCc1cccc(OC(=O)CNC(=O)CC(C)C)c1. The van der Waals surface area contributed by atoms with Gasteiger partial charge in [-0.2, -0.15) is 0 Å². The highest BCUT2D eigenvalue weighted by molar-refractivity contribution is 5.82. The smallest absolute Gasteiger partial charge is 0.330 e. The number of ether oxygens (including phenoxy) is 1. The number of nitrogens with one attached hydrogen (secondary N) is 1. The number of carbonyl (C=O) groups excluding carboxylic acids is 2. The molecule has 0 unspecified atom stereocenters. The molecule has 0 aliphatic rings. The van der Waals surface area contributed by atoms with Crippen molar-refractivity contribution in [1.82, 2.24) is 5.32 Å². The molecule has 4 heteroatoms. The van der Waals surface area contributed by atoms with Gasteiger partial charge in [0.2, 0.25) is 5.91 Å². The highest BCUT2D eigenvalue weighted by atomic mass is 16.5. The Kier molecular flexibility index (Phi) is 6.06. The molecule has 1 aromatic carbocycles. The van der Waals surface area contributed by atoms with Gasteiger partial charge in [0.1, 0.15) is 12.3 Å². The Hall–Kier alpha value is -1.84. The monoisotopic (exact) mass is 263 g/mol. The fourth-order valence-corrected chi connectivity index (χ4v) is 1.61. The number of esters is 1. The molecule has 0 atom stereocenters. The third kappa shape index (κ3) is 6.04. The Bertz CT molecular complexity index is 441. The third-order valence-electron chi connectivity index (χ3n) is 2.56. The van der Waals surface area contributed by atoms with Crippen molar-refractivity contribution in [2.24, 2.45) is 5.92 Å². The van der Waals surface area contributed by atoms with Crippen LogP contribution in [0.4, 0.5) is 0 Å². The predicted octanol–water partition coefficient (Wildman–Crippen LogP) is 2.32. The van der Waals surface area contributed by atoms with Crippen molar-refractivity contribution in [3.63, 3.8) is 0 Å². The van der Waals surface area contributed by atoms with E-state index in [1.807, 2.05) is 39.0 Å². The van der Waals surface area contributed by atoms with E-state index in [2.05, 4.69) is 5.32 Å². The van der Waals surface area contributed by atoms with Gasteiger partial charge >= 0.3 is 5.97 Å². The first-order valence-corrected chi connectivity index (χ1v) is 6.57. The van der Waals surface area contributed by atoms with Gasteiger partial charge in [-0.3, -0.25) is 4.79 Å². The first-order valence-electron chi connectivity index (χ1n) is 6.57. The molecule has 0 aliphatic heterocycles. The van der Waals surface area contributed by atoms with Crippen LogP contribution in [-0.2, 0) is 16.0 Å².